The molecule has 0 aliphatic carbocycles. The van der Waals surface area contributed by atoms with Crippen molar-refractivity contribution < 1.29 is 14.7 Å². The molecular formula is C12H12BrNO3. The minimum Gasteiger partial charge on any atom is -0.481 e. The van der Waals surface area contributed by atoms with E-state index in [4.69, 9.17) is 5.11 Å². The fourth-order valence-corrected chi connectivity index (χ4v) is 2.40. The summed E-state index contributed by atoms with van der Waals surface area (Å²) in [6.07, 6.45) is 0.0791. The number of carboxylic acid groups (broad SMARTS) is 1. The summed E-state index contributed by atoms with van der Waals surface area (Å²) in [6.45, 7) is 2.18. The topological polar surface area (TPSA) is 57.6 Å². The molecule has 1 aliphatic rings. The molecule has 1 unspecified atom stereocenters. The number of hydrogen-bond donors (Lipinski definition) is 1. The molecule has 0 aromatic heterocycles. The van der Waals surface area contributed by atoms with Crippen molar-refractivity contribution in [2.75, 3.05) is 11.4 Å². The predicted molar refractivity (Wildman–Crippen MR) is 67.0 cm³/mol. The normalized spacial score (nSPS) is 19.8. The van der Waals surface area contributed by atoms with Gasteiger partial charge in [-0.2, -0.15) is 0 Å². The van der Waals surface area contributed by atoms with Crippen LogP contribution >= 0.6 is 15.9 Å². The maximum atomic E-state index is 11.8. The summed E-state index contributed by atoms with van der Waals surface area (Å²) in [6, 6.07) is 5.68. The van der Waals surface area contributed by atoms with Crippen molar-refractivity contribution in [1.82, 2.24) is 0 Å². The van der Waals surface area contributed by atoms with Gasteiger partial charge in [0.15, 0.2) is 0 Å². The van der Waals surface area contributed by atoms with Crippen LogP contribution < -0.4 is 4.90 Å². The van der Waals surface area contributed by atoms with Gasteiger partial charge in [-0.3, -0.25) is 9.59 Å². The Balaban J connectivity index is 2.32. The zero-order valence-electron chi connectivity index (χ0n) is 9.31. The minimum absolute atomic E-state index is 0.0791. The number of benzene rings is 1. The molecule has 0 bridgehead atoms. The standard InChI is InChI=1S/C12H12BrNO3/c1-7-2-3-9(13)10(4-7)14-6-8(12(16)17)5-11(14)15/h2-4,8H,5-6H2,1H3,(H,16,17). The first kappa shape index (κ1) is 12.1. The molecule has 1 aliphatic heterocycles. The highest BCUT2D eigenvalue weighted by Gasteiger charge is 2.35. The van der Waals surface area contributed by atoms with Gasteiger partial charge in [0.2, 0.25) is 5.91 Å². The van der Waals surface area contributed by atoms with Gasteiger partial charge >= 0.3 is 5.97 Å². The Morgan fingerprint density at radius 2 is 2.24 bits per heavy atom. The molecule has 1 aromatic carbocycles. The molecule has 1 N–H and O–H groups in total. The van der Waals surface area contributed by atoms with Crippen molar-refractivity contribution in [3.8, 4) is 0 Å². The molecule has 1 amide bonds. The van der Waals surface area contributed by atoms with Gasteiger partial charge in [-0.1, -0.05) is 6.07 Å². The smallest absolute Gasteiger partial charge is 0.308 e. The first-order valence-corrected chi connectivity index (χ1v) is 6.07. The number of carbonyl (C=O) groups is 2. The van der Waals surface area contributed by atoms with E-state index in [1.807, 2.05) is 25.1 Å². The second-order valence-corrected chi connectivity index (χ2v) is 5.05. The summed E-state index contributed by atoms with van der Waals surface area (Å²) in [7, 11) is 0. The third-order valence-corrected chi connectivity index (χ3v) is 3.54. The highest BCUT2D eigenvalue weighted by Crippen LogP contribution is 2.32. The van der Waals surface area contributed by atoms with E-state index in [-0.39, 0.29) is 18.9 Å². The lowest BCUT2D eigenvalue weighted by Crippen LogP contribution is -2.26. The van der Waals surface area contributed by atoms with E-state index >= 15 is 0 Å². The average molecular weight is 298 g/mol. The third kappa shape index (κ3) is 2.34. The molecule has 5 heteroatoms. The fourth-order valence-electron chi connectivity index (χ4n) is 1.94. The molecule has 1 aromatic rings. The molecular weight excluding hydrogens is 286 g/mol. The van der Waals surface area contributed by atoms with Gasteiger partial charge < -0.3 is 10.0 Å². The van der Waals surface area contributed by atoms with Crippen molar-refractivity contribution in [3.05, 3.63) is 28.2 Å². The van der Waals surface area contributed by atoms with Crippen molar-refractivity contribution in [2.45, 2.75) is 13.3 Å². The van der Waals surface area contributed by atoms with Crippen molar-refractivity contribution in [1.29, 1.82) is 0 Å². The van der Waals surface area contributed by atoms with Crippen LogP contribution in [0.5, 0.6) is 0 Å². The predicted octanol–water partition coefficient (Wildman–Crippen LogP) is 2.20. The van der Waals surface area contributed by atoms with Crippen molar-refractivity contribution >= 4 is 33.5 Å². The monoisotopic (exact) mass is 297 g/mol. The zero-order valence-corrected chi connectivity index (χ0v) is 10.9. The Morgan fingerprint density at radius 3 is 2.82 bits per heavy atom. The maximum Gasteiger partial charge on any atom is 0.308 e. The highest BCUT2D eigenvalue weighted by molar-refractivity contribution is 9.10. The van der Waals surface area contributed by atoms with Crippen LogP contribution in [0, 0.1) is 12.8 Å². The molecule has 0 saturated carbocycles. The van der Waals surface area contributed by atoms with Gasteiger partial charge in [-0.15, -0.1) is 0 Å². The molecule has 0 radical (unpaired) electrons. The number of aryl methyl sites for hydroxylation is 1. The number of carbonyl (C=O) groups excluding carboxylic acids is 1. The van der Waals surface area contributed by atoms with Gasteiger partial charge in [0.05, 0.1) is 11.6 Å². The van der Waals surface area contributed by atoms with E-state index < -0.39 is 11.9 Å². The molecule has 4 nitrogen and oxygen atoms in total. The van der Waals surface area contributed by atoms with Crippen LogP contribution in [-0.4, -0.2) is 23.5 Å². The molecule has 1 atom stereocenters. The molecule has 2 rings (SSSR count). The summed E-state index contributed by atoms with van der Waals surface area (Å²) in [5.74, 6) is -1.65. The molecule has 17 heavy (non-hydrogen) atoms. The Labute approximate surface area is 107 Å². The zero-order chi connectivity index (χ0) is 12.6. The third-order valence-electron chi connectivity index (χ3n) is 2.87. The lowest BCUT2D eigenvalue weighted by molar-refractivity contribution is -0.141. The van der Waals surface area contributed by atoms with Crippen molar-refractivity contribution in [3.63, 3.8) is 0 Å². The van der Waals surface area contributed by atoms with E-state index in [0.717, 1.165) is 15.7 Å². The summed E-state index contributed by atoms with van der Waals surface area (Å²) in [5, 5.41) is 8.93. The number of halogens is 1. The van der Waals surface area contributed by atoms with Gasteiger partial charge in [-0.25, -0.2) is 0 Å². The van der Waals surface area contributed by atoms with Crippen LogP contribution in [-0.2, 0) is 9.59 Å². The molecule has 1 saturated heterocycles. The van der Waals surface area contributed by atoms with E-state index in [0.29, 0.717) is 0 Å². The Bertz CT molecular complexity index is 487. The molecule has 1 heterocycles. The Kier molecular flexibility index (Phi) is 3.19. The number of amides is 1. The number of aliphatic carboxylic acids is 1. The minimum atomic E-state index is -0.912. The van der Waals surface area contributed by atoms with Crippen LogP contribution in [0.1, 0.15) is 12.0 Å². The SMILES string of the molecule is Cc1ccc(Br)c(N2CC(C(=O)O)CC2=O)c1. The second kappa shape index (κ2) is 4.49. The number of rotatable bonds is 2. The lowest BCUT2D eigenvalue weighted by atomic mass is 10.1. The maximum absolute atomic E-state index is 11.8. The first-order valence-electron chi connectivity index (χ1n) is 5.28. The number of carboxylic acids is 1. The quantitative estimate of drug-likeness (QED) is 0.910. The molecule has 0 spiro atoms. The number of nitrogens with zero attached hydrogens (tertiary/aromatic N) is 1. The molecule has 1 fully saturated rings. The highest BCUT2D eigenvalue weighted by atomic mass is 79.9. The summed E-state index contributed by atoms with van der Waals surface area (Å²) in [5.41, 5.74) is 1.79. The largest absolute Gasteiger partial charge is 0.481 e. The summed E-state index contributed by atoms with van der Waals surface area (Å²) >= 11 is 3.38. The Morgan fingerprint density at radius 1 is 1.53 bits per heavy atom. The van der Waals surface area contributed by atoms with Crippen LogP contribution in [0.2, 0.25) is 0 Å². The van der Waals surface area contributed by atoms with Gasteiger partial charge in [0, 0.05) is 17.4 Å². The fraction of sp³-hybridized carbons (Fsp3) is 0.333. The van der Waals surface area contributed by atoms with Crippen LogP contribution in [0.4, 0.5) is 5.69 Å². The first-order chi connectivity index (χ1) is 7.99. The van der Waals surface area contributed by atoms with Gasteiger partial charge in [0.1, 0.15) is 0 Å². The number of anilines is 1. The van der Waals surface area contributed by atoms with E-state index in [2.05, 4.69) is 15.9 Å². The summed E-state index contributed by atoms with van der Waals surface area (Å²) in [4.78, 5) is 24.2. The van der Waals surface area contributed by atoms with Gasteiger partial charge in [-0.05, 0) is 40.5 Å². The van der Waals surface area contributed by atoms with Crippen molar-refractivity contribution in [2.24, 2.45) is 5.92 Å². The van der Waals surface area contributed by atoms with E-state index in [1.165, 1.54) is 4.90 Å². The van der Waals surface area contributed by atoms with E-state index in [9.17, 15) is 9.59 Å². The lowest BCUT2D eigenvalue weighted by Gasteiger charge is -2.18. The molecule has 90 valence electrons. The number of hydrogen-bond acceptors (Lipinski definition) is 2. The summed E-state index contributed by atoms with van der Waals surface area (Å²) < 4.78 is 0.808. The van der Waals surface area contributed by atoms with Crippen LogP contribution in [0.3, 0.4) is 0 Å². The Hall–Kier alpha value is -1.36. The van der Waals surface area contributed by atoms with Crippen LogP contribution in [0.25, 0.3) is 0 Å². The van der Waals surface area contributed by atoms with E-state index in [1.54, 1.807) is 0 Å². The average Bonchev–Trinajstić information content (AvgIpc) is 2.64. The van der Waals surface area contributed by atoms with Gasteiger partial charge in [0.25, 0.3) is 0 Å². The second-order valence-electron chi connectivity index (χ2n) is 4.20. The van der Waals surface area contributed by atoms with Crippen LogP contribution in [0.15, 0.2) is 22.7 Å².